The van der Waals surface area contributed by atoms with Crippen molar-refractivity contribution in [3.8, 4) is 0 Å². The highest BCUT2D eigenvalue weighted by atomic mass is 19.4. The molecule has 0 saturated heterocycles. The fourth-order valence-corrected chi connectivity index (χ4v) is 3.40. The highest BCUT2D eigenvalue weighted by Crippen LogP contribution is 2.31. The van der Waals surface area contributed by atoms with Crippen molar-refractivity contribution >= 4 is 12.1 Å². The number of benzene rings is 1. The van der Waals surface area contributed by atoms with Crippen LogP contribution in [-0.4, -0.2) is 12.1 Å². The van der Waals surface area contributed by atoms with Gasteiger partial charge in [-0.25, -0.2) is 5.43 Å². The van der Waals surface area contributed by atoms with Crippen molar-refractivity contribution < 1.29 is 18.0 Å². The number of carbonyl (C=O) groups excluding carboxylic acids is 1. The Morgan fingerprint density at radius 3 is 1.90 bits per heavy atom. The summed E-state index contributed by atoms with van der Waals surface area (Å²) in [7, 11) is 0. The van der Waals surface area contributed by atoms with E-state index in [1.165, 1.54) is 82.4 Å². The molecule has 0 spiro atoms. The van der Waals surface area contributed by atoms with Crippen LogP contribution in [0.1, 0.15) is 108 Å². The van der Waals surface area contributed by atoms with E-state index in [0.29, 0.717) is 6.42 Å². The van der Waals surface area contributed by atoms with Gasteiger partial charge in [-0.15, -0.1) is 0 Å². The second-order valence-electron chi connectivity index (χ2n) is 7.87. The van der Waals surface area contributed by atoms with Crippen molar-refractivity contribution in [3.63, 3.8) is 0 Å². The SMILES string of the molecule is CCCCCCCCCCCCCCCC(=O)NN=Cc1ccccc1C(F)(F)F. The van der Waals surface area contributed by atoms with E-state index in [4.69, 9.17) is 0 Å². The summed E-state index contributed by atoms with van der Waals surface area (Å²) in [5.41, 5.74) is 1.49. The number of carbonyl (C=O) groups is 1. The molecule has 3 nitrogen and oxygen atoms in total. The number of alkyl halides is 3. The Hall–Kier alpha value is -1.85. The van der Waals surface area contributed by atoms with Crippen LogP contribution in [0.25, 0.3) is 0 Å². The third-order valence-electron chi connectivity index (χ3n) is 5.17. The lowest BCUT2D eigenvalue weighted by molar-refractivity contribution is -0.137. The molecule has 0 saturated carbocycles. The highest BCUT2D eigenvalue weighted by Gasteiger charge is 2.32. The molecule has 1 aromatic rings. The molecule has 170 valence electrons. The smallest absolute Gasteiger partial charge is 0.273 e. The fraction of sp³-hybridized carbons (Fsp3) is 0.667. The molecular weight excluding hydrogens is 389 g/mol. The van der Waals surface area contributed by atoms with Gasteiger partial charge in [0.15, 0.2) is 0 Å². The minimum absolute atomic E-state index is 0.0636. The first-order valence-electron chi connectivity index (χ1n) is 11.4. The minimum Gasteiger partial charge on any atom is -0.273 e. The van der Waals surface area contributed by atoms with Crippen molar-refractivity contribution in [3.05, 3.63) is 35.4 Å². The number of nitrogens with one attached hydrogen (secondary N) is 1. The number of unbranched alkanes of at least 4 members (excludes halogenated alkanes) is 12. The van der Waals surface area contributed by atoms with Crippen LogP contribution >= 0.6 is 0 Å². The molecule has 0 aliphatic carbocycles. The van der Waals surface area contributed by atoms with E-state index in [-0.39, 0.29) is 11.5 Å². The summed E-state index contributed by atoms with van der Waals surface area (Å²) in [6.07, 6.45) is 13.0. The lowest BCUT2D eigenvalue weighted by Gasteiger charge is -2.09. The van der Waals surface area contributed by atoms with Crippen LogP contribution < -0.4 is 5.43 Å². The summed E-state index contributed by atoms with van der Waals surface area (Å²) in [6, 6.07) is 5.15. The summed E-state index contributed by atoms with van der Waals surface area (Å²) in [4.78, 5) is 11.8. The summed E-state index contributed by atoms with van der Waals surface area (Å²) < 4.78 is 38.7. The normalized spacial score (nSPS) is 11.9. The number of rotatable bonds is 16. The Morgan fingerprint density at radius 2 is 1.37 bits per heavy atom. The number of nitrogens with zero attached hydrogens (tertiary/aromatic N) is 1. The largest absolute Gasteiger partial charge is 0.417 e. The zero-order valence-corrected chi connectivity index (χ0v) is 18.3. The van der Waals surface area contributed by atoms with Gasteiger partial charge in [-0.3, -0.25) is 4.79 Å². The second-order valence-corrected chi connectivity index (χ2v) is 7.87. The van der Waals surface area contributed by atoms with Crippen LogP contribution in [0.3, 0.4) is 0 Å². The molecule has 6 heteroatoms. The Labute approximate surface area is 179 Å². The van der Waals surface area contributed by atoms with E-state index in [0.717, 1.165) is 31.5 Å². The maximum absolute atomic E-state index is 12.9. The average molecular weight is 427 g/mol. The Kier molecular flexibility index (Phi) is 13.9. The molecule has 0 atom stereocenters. The third-order valence-corrected chi connectivity index (χ3v) is 5.17. The van der Waals surface area contributed by atoms with Crippen molar-refractivity contribution in [1.29, 1.82) is 0 Å². The molecule has 0 heterocycles. The van der Waals surface area contributed by atoms with Crippen molar-refractivity contribution in [2.24, 2.45) is 5.10 Å². The predicted molar refractivity (Wildman–Crippen MR) is 117 cm³/mol. The van der Waals surface area contributed by atoms with Crippen LogP contribution in [0, 0.1) is 0 Å². The molecule has 0 unspecified atom stereocenters. The van der Waals surface area contributed by atoms with Gasteiger partial charge in [-0.1, -0.05) is 102 Å². The zero-order chi connectivity index (χ0) is 22.1. The lowest BCUT2D eigenvalue weighted by Crippen LogP contribution is -2.17. The monoisotopic (exact) mass is 426 g/mol. The van der Waals surface area contributed by atoms with Crippen LogP contribution in [0.5, 0.6) is 0 Å². The summed E-state index contributed by atoms with van der Waals surface area (Å²) in [6.45, 7) is 2.24. The van der Waals surface area contributed by atoms with E-state index in [2.05, 4.69) is 17.5 Å². The van der Waals surface area contributed by atoms with E-state index >= 15 is 0 Å². The van der Waals surface area contributed by atoms with Crippen LogP contribution in [0.2, 0.25) is 0 Å². The molecule has 0 bridgehead atoms. The van der Waals surface area contributed by atoms with Gasteiger partial charge in [0, 0.05) is 12.0 Å². The molecule has 1 aromatic carbocycles. The van der Waals surface area contributed by atoms with Crippen LogP contribution in [0.4, 0.5) is 13.2 Å². The molecule has 30 heavy (non-hydrogen) atoms. The quantitative estimate of drug-likeness (QED) is 0.165. The van der Waals surface area contributed by atoms with Crippen molar-refractivity contribution in [1.82, 2.24) is 5.43 Å². The van der Waals surface area contributed by atoms with Gasteiger partial charge in [0.25, 0.3) is 0 Å². The molecule has 1 N–H and O–H groups in total. The number of hydrogen-bond donors (Lipinski definition) is 1. The van der Waals surface area contributed by atoms with Crippen molar-refractivity contribution in [2.75, 3.05) is 0 Å². The van der Waals surface area contributed by atoms with Crippen LogP contribution in [-0.2, 0) is 11.0 Å². The molecule has 0 aliphatic heterocycles. The van der Waals surface area contributed by atoms with E-state index < -0.39 is 11.7 Å². The number of halogens is 3. The molecule has 0 aromatic heterocycles. The van der Waals surface area contributed by atoms with Crippen LogP contribution in [0.15, 0.2) is 29.4 Å². The lowest BCUT2D eigenvalue weighted by atomic mass is 10.0. The first-order valence-corrected chi connectivity index (χ1v) is 11.4. The maximum atomic E-state index is 12.9. The highest BCUT2D eigenvalue weighted by molar-refractivity contribution is 5.84. The average Bonchev–Trinajstić information content (AvgIpc) is 2.71. The Balaban J connectivity index is 2.04. The van der Waals surface area contributed by atoms with Gasteiger partial charge < -0.3 is 0 Å². The van der Waals surface area contributed by atoms with Gasteiger partial charge in [-0.2, -0.15) is 18.3 Å². The standard InChI is InChI=1S/C24H37F3N2O/c1-2-3-4-5-6-7-8-9-10-11-12-13-14-19-23(30)29-28-20-21-17-15-16-18-22(21)24(25,26)27/h15-18,20H,2-14,19H2,1H3,(H,29,30). The number of hydrogen-bond acceptors (Lipinski definition) is 2. The summed E-state index contributed by atoms with van der Waals surface area (Å²) in [5, 5.41) is 3.67. The van der Waals surface area contributed by atoms with E-state index in [1.807, 2.05) is 0 Å². The Bertz CT molecular complexity index is 615. The molecule has 1 rings (SSSR count). The van der Waals surface area contributed by atoms with E-state index in [9.17, 15) is 18.0 Å². The van der Waals surface area contributed by atoms with Gasteiger partial charge >= 0.3 is 6.18 Å². The van der Waals surface area contributed by atoms with Gasteiger partial charge in [-0.05, 0) is 12.5 Å². The first kappa shape index (κ1) is 26.2. The second kappa shape index (κ2) is 15.9. The van der Waals surface area contributed by atoms with Gasteiger partial charge in [0.05, 0.1) is 11.8 Å². The number of amides is 1. The predicted octanol–water partition coefficient (Wildman–Crippen LogP) is 7.64. The molecule has 0 aliphatic rings. The molecule has 0 fully saturated rings. The maximum Gasteiger partial charge on any atom is 0.417 e. The molecule has 1 amide bonds. The molecule has 0 radical (unpaired) electrons. The van der Waals surface area contributed by atoms with E-state index in [1.54, 1.807) is 0 Å². The topological polar surface area (TPSA) is 41.5 Å². The van der Waals surface area contributed by atoms with Gasteiger partial charge in [0.2, 0.25) is 5.91 Å². The Morgan fingerprint density at radius 1 is 0.867 bits per heavy atom. The minimum atomic E-state index is -4.44. The first-order chi connectivity index (χ1) is 14.4. The summed E-state index contributed by atoms with van der Waals surface area (Å²) in [5.74, 6) is -0.265. The third kappa shape index (κ3) is 12.7. The van der Waals surface area contributed by atoms with Crippen molar-refractivity contribution in [2.45, 2.75) is 103 Å². The number of hydrazone groups is 1. The van der Waals surface area contributed by atoms with Gasteiger partial charge in [0.1, 0.15) is 0 Å². The zero-order valence-electron chi connectivity index (χ0n) is 18.3. The fourth-order valence-electron chi connectivity index (χ4n) is 3.40. The molecular formula is C24H37F3N2O. The summed E-state index contributed by atoms with van der Waals surface area (Å²) >= 11 is 0.